The van der Waals surface area contributed by atoms with Crippen LogP contribution in [0.2, 0.25) is 0 Å². The molecule has 1 N–H and O–H groups in total. The van der Waals surface area contributed by atoms with E-state index in [1.165, 1.54) is 0 Å². The van der Waals surface area contributed by atoms with E-state index < -0.39 is 42.0 Å². The third-order valence-corrected chi connectivity index (χ3v) is 2.16. The van der Waals surface area contributed by atoms with Crippen molar-refractivity contribution in [3.05, 3.63) is 12.2 Å². The van der Waals surface area contributed by atoms with E-state index in [9.17, 15) is 31.1 Å². The van der Waals surface area contributed by atoms with Crippen LogP contribution in [0.15, 0.2) is 12.2 Å². The maximum atomic E-state index is 12.5. The molecule has 2 atom stereocenters. The van der Waals surface area contributed by atoms with Gasteiger partial charge in [-0.1, -0.05) is 6.58 Å². The molecule has 0 amide bonds. The fraction of sp³-hybridized carbons (Fsp3) is 0.700. The van der Waals surface area contributed by atoms with Crippen LogP contribution in [0.3, 0.4) is 0 Å². The van der Waals surface area contributed by atoms with Gasteiger partial charge in [-0.05, 0) is 13.8 Å². The van der Waals surface area contributed by atoms with Crippen LogP contribution in [0.1, 0.15) is 20.3 Å². The zero-order valence-corrected chi connectivity index (χ0v) is 10.0. The van der Waals surface area contributed by atoms with Crippen molar-refractivity contribution in [2.75, 3.05) is 0 Å². The second-order valence-corrected chi connectivity index (χ2v) is 4.19. The van der Waals surface area contributed by atoms with Gasteiger partial charge < -0.3 is 9.84 Å². The summed E-state index contributed by atoms with van der Waals surface area (Å²) in [6.07, 6.45) is -15.4. The molecule has 0 heterocycles. The van der Waals surface area contributed by atoms with Gasteiger partial charge in [0.2, 0.25) is 6.10 Å². The topological polar surface area (TPSA) is 46.5 Å². The van der Waals surface area contributed by atoms with E-state index in [-0.39, 0.29) is 6.92 Å². The van der Waals surface area contributed by atoms with Crippen LogP contribution in [0, 0.1) is 0 Å². The molecule has 0 aromatic rings. The minimum Gasteiger partial charge on any atom is -0.449 e. The summed E-state index contributed by atoms with van der Waals surface area (Å²) in [5, 5.41) is 9.00. The molecule has 0 saturated heterocycles. The summed E-state index contributed by atoms with van der Waals surface area (Å²) in [5.74, 6) is -1.49. The lowest BCUT2D eigenvalue weighted by molar-refractivity contribution is -0.283. The molecule has 2 unspecified atom stereocenters. The van der Waals surface area contributed by atoms with Crippen LogP contribution in [0.25, 0.3) is 0 Å². The molecular formula is C10H12F6O3. The van der Waals surface area contributed by atoms with Crippen molar-refractivity contribution >= 4 is 5.97 Å². The van der Waals surface area contributed by atoms with Gasteiger partial charge in [0.05, 0.1) is 0 Å². The molecule has 0 aliphatic heterocycles. The minimum atomic E-state index is -5.29. The largest absolute Gasteiger partial charge is 0.449 e. The van der Waals surface area contributed by atoms with Crippen molar-refractivity contribution in [1.29, 1.82) is 0 Å². The molecule has 0 aromatic carbocycles. The van der Waals surface area contributed by atoms with Gasteiger partial charge in [-0.3, -0.25) is 0 Å². The lowest BCUT2D eigenvalue weighted by Crippen LogP contribution is -2.49. The lowest BCUT2D eigenvalue weighted by atomic mass is 9.97. The second kappa shape index (κ2) is 5.40. The number of carbonyl (C=O) groups excluding carboxylic acids is 1. The van der Waals surface area contributed by atoms with Crippen LogP contribution in [0.5, 0.6) is 0 Å². The Morgan fingerprint density at radius 3 is 1.95 bits per heavy atom. The molecule has 0 aromatic heterocycles. The molecule has 0 bridgehead atoms. The van der Waals surface area contributed by atoms with Crippen LogP contribution >= 0.6 is 0 Å². The number of alkyl halides is 6. The van der Waals surface area contributed by atoms with Gasteiger partial charge in [-0.15, -0.1) is 0 Å². The molecule has 112 valence electrons. The Labute approximate surface area is 104 Å². The summed E-state index contributed by atoms with van der Waals surface area (Å²) >= 11 is 0. The number of hydrogen-bond donors (Lipinski definition) is 1. The predicted molar refractivity (Wildman–Crippen MR) is 52.0 cm³/mol. The van der Waals surface area contributed by atoms with Crippen LogP contribution in [-0.4, -0.2) is 35.1 Å². The van der Waals surface area contributed by atoms with E-state index in [4.69, 9.17) is 5.11 Å². The van der Waals surface area contributed by atoms with Crippen molar-refractivity contribution in [3.8, 4) is 0 Å². The van der Waals surface area contributed by atoms with Crippen molar-refractivity contribution in [1.82, 2.24) is 0 Å². The highest BCUT2D eigenvalue weighted by molar-refractivity contribution is 5.87. The zero-order chi connectivity index (χ0) is 15.6. The number of carbonyl (C=O) groups is 1. The van der Waals surface area contributed by atoms with Crippen molar-refractivity contribution in [3.63, 3.8) is 0 Å². The lowest BCUT2D eigenvalue weighted by Gasteiger charge is -2.31. The van der Waals surface area contributed by atoms with Gasteiger partial charge >= 0.3 is 18.3 Å². The third kappa shape index (κ3) is 5.09. The smallest absolute Gasteiger partial charge is 0.425 e. The average molecular weight is 294 g/mol. The molecule has 0 saturated carbocycles. The second-order valence-electron chi connectivity index (χ2n) is 4.19. The van der Waals surface area contributed by atoms with Gasteiger partial charge in [-0.2, -0.15) is 26.3 Å². The average Bonchev–Trinajstić information content (AvgIpc) is 2.12. The van der Waals surface area contributed by atoms with Gasteiger partial charge in [0.1, 0.15) is 0 Å². The van der Waals surface area contributed by atoms with Crippen LogP contribution in [-0.2, 0) is 9.53 Å². The van der Waals surface area contributed by atoms with Crippen LogP contribution < -0.4 is 0 Å². The molecule has 0 fully saturated rings. The quantitative estimate of drug-likeness (QED) is 0.492. The highest BCUT2D eigenvalue weighted by Crippen LogP contribution is 2.38. The van der Waals surface area contributed by atoms with E-state index in [0.717, 1.165) is 6.92 Å². The highest BCUT2D eigenvalue weighted by atomic mass is 19.4. The monoisotopic (exact) mass is 294 g/mol. The van der Waals surface area contributed by atoms with Crippen molar-refractivity contribution < 1.29 is 41.0 Å². The Kier molecular flexibility index (Phi) is 5.04. The first-order valence-electron chi connectivity index (χ1n) is 4.91. The Bertz CT molecular complexity index is 355. The predicted octanol–water partition coefficient (Wildman–Crippen LogP) is 2.74. The molecule has 0 spiro atoms. The number of halogens is 6. The highest BCUT2D eigenvalue weighted by Gasteiger charge is 2.56. The Hall–Kier alpha value is -1.25. The van der Waals surface area contributed by atoms with Crippen molar-refractivity contribution in [2.24, 2.45) is 0 Å². The maximum absolute atomic E-state index is 12.5. The number of hydrogen-bond acceptors (Lipinski definition) is 3. The molecule has 0 aliphatic rings. The molecule has 3 nitrogen and oxygen atoms in total. The van der Waals surface area contributed by atoms with Crippen LogP contribution in [0.4, 0.5) is 26.3 Å². The summed E-state index contributed by atoms with van der Waals surface area (Å²) in [5.41, 5.74) is -4.04. The van der Waals surface area contributed by atoms with E-state index in [2.05, 4.69) is 11.3 Å². The van der Waals surface area contributed by atoms with Gasteiger partial charge in [0, 0.05) is 12.0 Å². The SMILES string of the molecule is C=C(C)C(=O)OC(CC(C)(O)C(F)(F)F)C(F)(F)F. The maximum Gasteiger partial charge on any atom is 0.425 e. The molecule has 9 heteroatoms. The third-order valence-electron chi connectivity index (χ3n) is 2.16. The number of aliphatic hydroxyl groups is 1. The molecule has 0 radical (unpaired) electrons. The van der Waals surface area contributed by atoms with Gasteiger partial charge in [0.25, 0.3) is 0 Å². The molecule has 19 heavy (non-hydrogen) atoms. The fourth-order valence-corrected chi connectivity index (χ4v) is 0.931. The summed E-state index contributed by atoms with van der Waals surface area (Å²) < 4.78 is 78.2. The molecule has 0 aliphatic carbocycles. The zero-order valence-electron chi connectivity index (χ0n) is 10.0. The van der Waals surface area contributed by atoms with E-state index in [1.807, 2.05) is 0 Å². The Morgan fingerprint density at radius 1 is 1.26 bits per heavy atom. The van der Waals surface area contributed by atoms with Gasteiger partial charge in [-0.25, -0.2) is 4.79 Å². The first-order chi connectivity index (χ1) is 8.18. The van der Waals surface area contributed by atoms with Gasteiger partial charge in [0.15, 0.2) is 5.60 Å². The molecule has 0 rings (SSSR count). The Morgan fingerprint density at radius 2 is 1.68 bits per heavy atom. The van der Waals surface area contributed by atoms with E-state index in [0.29, 0.717) is 0 Å². The summed E-state index contributed by atoms with van der Waals surface area (Å²) in [6, 6.07) is 0. The Balaban J connectivity index is 5.11. The number of ether oxygens (including phenoxy) is 1. The normalized spacial score (nSPS) is 17.5. The van der Waals surface area contributed by atoms with E-state index >= 15 is 0 Å². The summed E-state index contributed by atoms with van der Waals surface area (Å²) in [4.78, 5) is 11.0. The van der Waals surface area contributed by atoms with E-state index in [1.54, 1.807) is 0 Å². The first-order valence-corrected chi connectivity index (χ1v) is 4.91. The molecular weight excluding hydrogens is 282 g/mol. The standard InChI is InChI=1S/C10H12F6O3/c1-5(2)7(17)19-6(9(11,12)13)4-8(3,18)10(14,15)16/h6,18H,1,4H2,2-3H3. The minimum absolute atomic E-state index is 0.167. The number of rotatable bonds is 4. The fourth-order valence-electron chi connectivity index (χ4n) is 0.931. The van der Waals surface area contributed by atoms with Crippen molar-refractivity contribution in [2.45, 2.75) is 44.3 Å². The summed E-state index contributed by atoms with van der Waals surface area (Å²) in [6.45, 7) is 4.22. The number of esters is 1. The summed E-state index contributed by atoms with van der Waals surface area (Å²) in [7, 11) is 0. The first kappa shape index (κ1) is 17.8.